The maximum atomic E-state index is 12.7. The maximum Gasteiger partial charge on any atom is 0.380 e. The predicted molar refractivity (Wildman–Crippen MR) is 90.3 cm³/mol. The second-order valence-corrected chi connectivity index (χ2v) is 7.48. The molecule has 0 radical (unpaired) electrons. The summed E-state index contributed by atoms with van der Waals surface area (Å²) < 4.78 is 26.9. The second kappa shape index (κ2) is 5.43. The molecule has 2 N–H and O–H groups in total. The molecule has 0 amide bonds. The van der Waals surface area contributed by atoms with Gasteiger partial charge in [-0.3, -0.25) is 4.79 Å². The van der Waals surface area contributed by atoms with Crippen molar-refractivity contribution in [3.63, 3.8) is 0 Å². The van der Waals surface area contributed by atoms with Crippen LogP contribution >= 0.6 is 0 Å². The first-order valence-electron chi connectivity index (χ1n) is 7.96. The Morgan fingerprint density at radius 1 is 0.958 bits per heavy atom. The van der Waals surface area contributed by atoms with Gasteiger partial charge in [-0.15, -0.1) is 0 Å². The van der Waals surface area contributed by atoms with Gasteiger partial charge >= 0.3 is 10.3 Å². The Morgan fingerprint density at radius 2 is 1.71 bits per heavy atom. The van der Waals surface area contributed by atoms with Gasteiger partial charge < -0.3 is 4.18 Å². The quantitative estimate of drug-likeness (QED) is 0.908. The first kappa shape index (κ1) is 15.4. The Balaban J connectivity index is 1.85. The summed E-state index contributed by atoms with van der Waals surface area (Å²) in [6.45, 7) is 0. The zero-order valence-corrected chi connectivity index (χ0v) is 13.9. The third-order valence-corrected chi connectivity index (χ3v) is 5.17. The van der Waals surface area contributed by atoms with Crippen molar-refractivity contribution in [3.05, 3.63) is 52.6 Å². The highest BCUT2D eigenvalue weighted by atomic mass is 32.2. The number of Topliss-reactive ketones (excluding diaryl/α,β-unsaturated/α-hetero) is 1. The van der Waals surface area contributed by atoms with Gasteiger partial charge in [0.05, 0.1) is 0 Å². The van der Waals surface area contributed by atoms with E-state index in [9.17, 15) is 13.2 Å². The molecule has 2 aliphatic rings. The summed E-state index contributed by atoms with van der Waals surface area (Å²) in [5.41, 5.74) is 5.98. The summed E-state index contributed by atoms with van der Waals surface area (Å²) in [6.07, 6.45) is 4.52. The maximum absolute atomic E-state index is 12.7. The fourth-order valence-electron chi connectivity index (χ4n) is 3.80. The molecule has 0 heterocycles. The molecule has 124 valence electrons. The lowest BCUT2D eigenvalue weighted by molar-refractivity contribution is 0.0990. The first-order valence-corrected chi connectivity index (χ1v) is 9.43. The van der Waals surface area contributed by atoms with Gasteiger partial charge in [-0.25, -0.2) is 0 Å². The number of hydrogen-bond donors (Lipinski definition) is 1. The van der Waals surface area contributed by atoms with Crippen LogP contribution in [0, 0.1) is 0 Å². The fraction of sp³-hybridized carbons (Fsp3) is 0.278. The van der Waals surface area contributed by atoms with Gasteiger partial charge in [-0.1, -0.05) is 18.2 Å². The van der Waals surface area contributed by atoms with Crippen LogP contribution in [-0.2, 0) is 29.6 Å². The normalized spacial score (nSPS) is 16.1. The number of benzene rings is 2. The summed E-state index contributed by atoms with van der Waals surface area (Å²) in [6, 6.07) is 9.08. The van der Waals surface area contributed by atoms with Crippen molar-refractivity contribution in [1.29, 1.82) is 0 Å². The predicted octanol–water partition coefficient (Wildman–Crippen LogP) is 2.55. The molecule has 0 spiro atoms. The van der Waals surface area contributed by atoms with Crippen molar-refractivity contribution in [2.24, 2.45) is 5.14 Å². The lowest BCUT2D eigenvalue weighted by Crippen LogP contribution is -2.20. The lowest BCUT2D eigenvalue weighted by Gasteiger charge is -2.26. The number of hydrogen-bond acceptors (Lipinski definition) is 4. The summed E-state index contributed by atoms with van der Waals surface area (Å²) in [5, 5.41) is 4.91. The van der Waals surface area contributed by atoms with Crippen molar-refractivity contribution >= 4 is 16.1 Å². The molecule has 4 rings (SSSR count). The second-order valence-electron chi connectivity index (χ2n) is 6.33. The molecular formula is C18H17NO4S. The summed E-state index contributed by atoms with van der Waals surface area (Å²) >= 11 is 0. The van der Waals surface area contributed by atoms with Crippen LogP contribution in [0.5, 0.6) is 5.75 Å². The zero-order chi connectivity index (χ0) is 16.9. The molecule has 5 nitrogen and oxygen atoms in total. The minimum Gasteiger partial charge on any atom is -0.371 e. The lowest BCUT2D eigenvalue weighted by atomic mass is 9.77. The molecule has 2 aromatic rings. The van der Waals surface area contributed by atoms with Crippen LogP contribution < -0.4 is 9.32 Å². The van der Waals surface area contributed by atoms with Gasteiger partial charge in [-0.05, 0) is 65.6 Å². The fourth-order valence-corrected chi connectivity index (χ4v) is 4.17. The summed E-state index contributed by atoms with van der Waals surface area (Å²) in [5.74, 6) is 0.217. The van der Waals surface area contributed by atoms with E-state index in [0.29, 0.717) is 0 Å². The SMILES string of the molecule is NS(=O)(=O)Oc1ccc2c(c1)CC(=O)c1c-2ccc2c1CCCC2. The highest BCUT2D eigenvalue weighted by Crippen LogP contribution is 2.39. The van der Waals surface area contributed by atoms with Gasteiger partial charge in [0.2, 0.25) is 0 Å². The number of ketones is 1. The van der Waals surface area contributed by atoms with Crippen LogP contribution in [0.4, 0.5) is 0 Å². The third-order valence-electron chi connectivity index (χ3n) is 4.74. The minimum atomic E-state index is -4.07. The molecule has 0 unspecified atom stereocenters. The van der Waals surface area contributed by atoms with Crippen LogP contribution in [-0.4, -0.2) is 14.2 Å². The van der Waals surface area contributed by atoms with E-state index < -0.39 is 10.3 Å². The number of carbonyl (C=O) groups is 1. The molecule has 0 aliphatic heterocycles. The molecule has 0 aromatic heterocycles. The largest absolute Gasteiger partial charge is 0.380 e. The van der Waals surface area contributed by atoms with Crippen LogP contribution in [0.3, 0.4) is 0 Å². The summed E-state index contributed by atoms with van der Waals surface area (Å²) in [7, 11) is -4.07. The van der Waals surface area contributed by atoms with E-state index >= 15 is 0 Å². The number of carbonyl (C=O) groups excluding carboxylic acids is 1. The number of fused-ring (bicyclic) bond motifs is 5. The minimum absolute atomic E-state index is 0.0870. The highest BCUT2D eigenvalue weighted by molar-refractivity contribution is 7.84. The molecule has 0 fully saturated rings. The van der Waals surface area contributed by atoms with E-state index in [1.165, 1.54) is 17.5 Å². The summed E-state index contributed by atoms with van der Waals surface area (Å²) in [4.78, 5) is 12.7. The first-order chi connectivity index (χ1) is 11.4. The Labute approximate surface area is 140 Å². The van der Waals surface area contributed by atoms with E-state index in [0.717, 1.165) is 41.5 Å². The number of aryl methyl sites for hydroxylation is 1. The van der Waals surface area contributed by atoms with Gasteiger partial charge in [0.25, 0.3) is 0 Å². The van der Waals surface area contributed by atoms with E-state index in [2.05, 4.69) is 6.07 Å². The van der Waals surface area contributed by atoms with Crippen LogP contribution in [0.15, 0.2) is 30.3 Å². The van der Waals surface area contributed by atoms with Crippen LogP contribution in [0.25, 0.3) is 11.1 Å². The van der Waals surface area contributed by atoms with Crippen LogP contribution in [0.1, 0.15) is 39.9 Å². The van der Waals surface area contributed by atoms with Gasteiger partial charge in [-0.2, -0.15) is 13.6 Å². The highest BCUT2D eigenvalue weighted by Gasteiger charge is 2.28. The molecule has 0 saturated heterocycles. The Kier molecular flexibility index (Phi) is 3.47. The van der Waals surface area contributed by atoms with Crippen LogP contribution in [0.2, 0.25) is 0 Å². The zero-order valence-electron chi connectivity index (χ0n) is 13.0. The van der Waals surface area contributed by atoms with E-state index in [4.69, 9.17) is 9.32 Å². The number of nitrogens with two attached hydrogens (primary N) is 1. The van der Waals surface area contributed by atoms with E-state index in [1.54, 1.807) is 18.2 Å². The monoisotopic (exact) mass is 343 g/mol. The third kappa shape index (κ3) is 2.61. The Bertz CT molecular complexity index is 963. The van der Waals surface area contributed by atoms with Crippen molar-refractivity contribution in [3.8, 4) is 16.9 Å². The van der Waals surface area contributed by atoms with E-state index in [1.807, 2.05) is 6.07 Å². The van der Waals surface area contributed by atoms with Crippen molar-refractivity contribution < 1.29 is 17.4 Å². The topological polar surface area (TPSA) is 86.5 Å². The van der Waals surface area contributed by atoms with Crippen molar-refractivity contribution in [2.45, 2.75) is 32.1 Å². The van der Waals surface area contributed by atoms with Gasteiger partial charge in [0.15, 0.2) is 5.78 Å². The standard InChI is InChI=1S/C18H17NO4S/c19-24(21,22)23-13-6-8-14-12(9-13)10-17(20)18-15-4-2-1-3-11(15)5-7-16(14)18/h5-9H,1-4,10H2,(H2,19,21,22). The van der Waals surface area contributed by atoms with Gasteiger partial charge in [0.1, 0.15) is 5.75 Å². The van der Waals surface area contributed by atoms with Crippen molar-refractivity contribution in [1.82, 2.24) is 0 Å². The number of rotatable bonds is 2. The molecule has 2 aromatic carbocycles. The Morgan fingerprint density at radius 3 is 2.50 bits per heavy atom. The average molecular weight is 343 g/mol. The molecule has 2 aliphatic carbocycles. The molecular weight excluding hydrogens is 326 g/mol. The molecule has 0 bridgehead atoms. The molecule has 6 heteroatoms. The average Bonchev–Trinajstić information content (AvgIpc) is 2.52. The Hall–Kier alpha value is -2.18. The smallest absolute Gasteiger partial charge is 0.371 e. The molecule has 0 atom stereocenters. The molecule has 0 saturated carbocycles. The molecule has 24 heavy (non-hydrogen) atoms. The van der Waals surface area contributed by atoms with E-state index in [-0.39, 0.29) is 18.0 Å². The van der Waals surface area contributed by atoms with Gasteiger partial charge in [0, 0.05) is 12.0 Å². The van der Waals surface area contributed by atoms with Crippen molar-refractivity contribution in [2.75, 3.05) is 0 Å².